The Hall–Kier alpha value is -2.11. The lowest BCUT2D eigenvalue weighted by Gasteiger charge is -2.24. The molecule has 5 heteroatoms. The fourth-order valence-corrected chi connectivity index (χ4v) is 1.76. The lowest BCUT2D eigenvalue weighted by molar-refractivity contribution is -0.801. The molecule has 1 unspecified atom stereocenters. The Labute approximate surface area is 104 Å². The van der Waals surface area contributed by atoms with Crippen LogP contribution in [0.2, 0.25) is 0 Å². The molecule has 3 N–H and O–H groups in total. The number of phenols is 2. The van der Waals surface area contributed by atoms with Crippen molar-refractivity contribution in [1.29, 1.82) is 0 Å². The number of phenolic OH excluding ortho intramolecular Hbond substituents is 2. The van der Waals surface area contributed by atoms with Crippen LogP contribution in [0.15, 0.2) is 42.1 Å². The molecule has 94 valence electrons. The van der Waals surface area contributed by atoms with Gasteiger partial charge in [-0.05, 0) is 24.3 Å². The number of Topliss-reactive ketones (excluding diaryl/α,β-unsaturated/α-hetero) is 1. The quantitative estimate of drug-likeness (QED) is 0.536. The first-order valence-electron chi connectivity index (χ1n) is 5.52. The molecule has 0 bridgehead atoms. The van der Waals surface area contributed by atoms with Crippen LogP contribution in [-0.2, 0) is 0 Å². The predicted molar refractivity (Wildman–Crippen MR) is 65.1 cm³/mol. The van der Waals surface area contributed by atoms with Crippen molar-refractivity contribution >= 4 is 5.78 Å². The van der Waals surface area contributed by atoms with Crippen LogP contribution < -0.4 is 5.06 Å². The zero-order chi connectivity index (χ0) is 13.1. The average Bonchev–Trinajstić information content (AvgIpc) is 2.32. The Morgan fingerprint density at radius 1 is 1.39 bits per heavy atom. The van der Waals surface area contributed by atoms with E-state index in [2.05, 4.69) is 0 Å². The van der Waals surface area contributed by atoms with E-state index in [1.54, 1.807) is 18.2 Å². The van der Waals surface area contributed by atoms with Gasteiger partial charge in [0.15, 0.2) is 5.78 Å². The Morgan fingerprint density at radius 3 is 2.83 bits per heavy atom. The van der Waals surface area contributed by atoms with Crippen LogP contribution in [0.3, 0.4) is 0 Å². The highest BCUT2D eigenvalue weighted by Gasteiger charge is 2.17. The molecule has 1 aromatic rings. The minimum absolute atomic E-state index is 0.0402. The van der Waals surface area contributed by atoms with Gasteiger partial charge in [0.25, 0.3) is 0 Å². The topological polar surface area (TPSA) is 85.0 Å². The van der Waals surface area contributed by atoms with Gasteiger partial charge >= 0.3 is 0 Å². The smallest absolute Gasteiger partial charge is 0.176 e. The third kappa shape index (κ3) is 2.58. The fraction of sp³-hybridized carbons (Fsp3) is 0.154. The fourth-order valence-electron chi connectivity index (χ4n) is 1.76. The van der Waals surface area contributed by atoms with Crippen LogP contribution in [0.5, 0.6) is 11.5 Å². The molecule has 0 spiro atoms. The largest absolute Gasteiger partial charge is 0.629 e. The summed E-state index contributed by atoms with van der Waals surface area (Å²) in [6.07, 6.45) is 5.04. The molecule has 1 aliphatic rings. The number of rotatable bonds is 3. The van der Waals surface area contributed by atoms with Crippen molar-refractivity contribution in [1.82, 2.24) is 0 Å². The van der Waals surface area contributed by atoms with Crippen molar-refractivity contribution in [2.75, 3.05) is 6.54 Å². The molecule has 1 atom stereocenters. The highest BCUT2D eigenvalue weighted by Crippen LogP contribution is 2.24. The summed E-state index contributed by atoms with van der Waals surface area (Å²) in [6.45, 7) is 0.306. The second kappa shape index (κ2) is 5.03. The van der Waals surface area contributed by atoms with Gasteiger partial charge in [0.05, 0.1) is 12.0 Å². The number of quaternary nitrogens is 1. The molecule has 0 amide bonds. The van der Waals surface area contributed by atoms with Gasteiger partial charge in [-0.25, -0.2) is 0 Å². The Balaban J connectivity index is 2.17. The van der Waals surface area contributed by atoms with E-state index in [1.165, 1.54) is 12.1 Å². The Bertz CT molecular complexity index is 534. The average molecular weight is 247 g/mol. The van der Waals surface area contributed by atoms with Crippen LogP contribution in [-0.4, -0.2) is 22.5 Å². The van der Waals surface area contributed by atoms with Gasteiger partial charge in [-0.15, -0.1) is 0 Å². The molecular formula is C13H13NO4. The number of aromatic hydroxyl groups is 2. The zero-order valence-corrected chi connectivity index (χ0v) is 9.59. The zero-order valence-electron chi connectivity index (χ0n) is 9.59. The van der Waals surface area contributed by atoms with Gasteiger partial charge in [0.2, 0.25) is 0 Å². The van der Waals surface area contributed by atoms with Crippen LogP contribution in [0.1, 0.15) is 16.8 Å². The SMILES string of the molecule is O=C(CC1=CC=CC[NH+]1[O-])c1ccc(O)cc1O. The first kappa shape index (κ1) is 12.3. The van der Waals surface area contributed by atoms with Crippen molar-refractivity contribution in [3.8, 4) is 11.5 Å². The molecule has 1 aromatic carbocycles. The molecule has 0 aromatic heterocycles. The number of hydrogen-bond acceptors (Lipinski definition) is 4. The number of allylic oxidation sites excluding steroid dienone is 3. The summed E-state index contributed by atoms with van der Waals surface area (Å²) in [5.74, 6) is -0.734. The maximum atomic E-state index is 11.9. The number of hydrogen-bond donors (Lipinski definition) is 3. The summed E-state index contributed by atoms with van der Waals surface area (Å²) in [5, 5.41) is 30.1. The van der Waals surface area contributed by atoms with E-state index < -0.39 is 0 Å². The summed E-state index contributed by atoms with van der Waals surface area (Å²) in [4.78, 5) is 11.9. The molecule has 18 heavy (non-hydrogen) atoms. The van der Waals surface area contributed by atoms with Crippen molar-refractivity contribution in [3.63, 3.8) is 0 Å². The van der Waals surface area contributed by atoms with Gasteiger partial charge in [-0.1, -0.05) is 6.08 Å². The van der Waals surface area contributed by atoms with E-state index in [1.807, 2.05) is 0 Å². The van der Waals surface area contributed by atoms with Crippen LogP contribution in [0.25, 0.3) is 0 Å². The van der Waals surface area contributed by atoms with Crippen molar-refractivity contribution < 1.29 is 20.1 Å². The second-order valence-corrected chi connectivity index (χ2v) is 4.05. The molecule has 0 saturated heterocycles. The van der Waals surface area contributed by atoms with Crippen molar-refractivity contribution in [2.24, 2.45) is 0 Å². The highest BCUT2D eigenvalue weighted by atomic mass is 16.5. The highest BCUT2D eigenvalue weighted by molar-refractivity contribution is 5.99. The third-order valence-electron chi connectivity index (χ3n) is 2.73. The van der Waals surface area contributed by atoms with E-state index in [0.29, 0.717) is 12.2 Å². The molecular weight excluding hydrogens is 234 g/mol. The molecule has 0 radical (unpaired) electrons. The minimum atomic E-state index is -0.345. The van der Waals surface area contributed by atoms with Crippen LogP contribution in [0.4, 0.5) is 0 Å². The normalized spacial score (nSPS) is 18.5. The standard InChI is InChI=1S/C13H13NO4/c15-10-4-5-11(13(17)8-10)12(16)7-9-3-1-2-6-14(9)18/h1-5,8,14-15,17H,6-7H2. The van der Waals surface area contributed by atoms with E-state index in [0.717, 1.165) is 6.07 Å². The second-order valence-electron chi connectivity index (χ2n) is 4.05. The Kier molecular flexibility index (Phi) is 3.45. The lowest BCUT2D eigenvalue weighted by atomic mass is 10.0. The third-order valence-corrected chi connectivity index (χ3v) is 2.73. The Morgan fingerprint density at radius 2 is 2.17 bits per heavy atom. The lowest BCUT2D eigenvalue weighted by Crippen LogP contribution is -3.05. The van der Waals surface area contributed by atoms with Crippen molar-refractivity contribution in [2.45, 2.75) is 6.42 Å². The molecule has 0 aliphatic carbocycles. The van der Waals surface area contributed by atoms with Gasteiger partial charge in [0, 0.05) is 6.07 Å². The van der Waals surface area contributed by atoms with Gasteiger partial charge < -0.3 is 20.5 Å². The molecule has 0 saturated carbocycles. The van der Waals surface area contributed by atoms with E-state index >= 15 is 0 Å². The first-order valence-corrected chi connectivity index (χ1v) is 5.52. The van der Waals surface area contributed by atoms with E-state index in [-0.39, 0.29) is 34.3 Å². The van der Waals surface area contributed by atoms with E-state index in [4.69, 9.17) is 5.11 Å². The molecule has 1 heterocycles. The summed E-state index contributed by atoms with van der Waals surface area (Å²) >= 11 is 0. The van der Waals surface area contributed by atoms with Gasteiger partial charge in [-0.3, -0.25) is 4.79 Å². The summed E-state index contributed by atoms with van der Waals surface area (Å²) < 4.78 is 0. The van der Waals surface area contributed by atoms with Crippen molar-refractivity contribution in [3.05, 3.63) is 52.9 Å². The predicted octanol–water partition coefficient (Wildman–Crippen LogP) is 0.507. The molecule has 1 aliphatic heterocycles. The summed E-state index contributed by atoms with van der Waals surface area (Å²) in [5.41, 5.74) is 0.547. The van der Waals surface area contributed by atoms with E-state index in [9.17, 15) is 15.1 Å². The first-order chi connectivity index (χ1) is 8.58. The van der Waals surface area contributed by atoms with Crippen LogP contribution >= 0.6 is 0 Å². The minimum Gasteiger partial charge on any atom is -0.629 e. The number of nitrogens with one attached hydrogen (secondary N) is 1. The molecule has 0 fully saturated rings. The monoisotopic (exact) mass is 247 g/mol. The van der Waals surface area contributed by atoms with Gasteiger partial charge in [-0.2, -0.15) is 0 Å². The molecule has 2 rings (SSSR count). The van der Waals surface area contributed by atoms with Gasteiger partial charge in [0.1, 0.15) is 23.7 Å². The number of benzene rings is 1. The number of carbonyl (C=O) groups is 1. The van der Waals surface area contributed by atoms with Crippen LogP contribution in [0, 0.1) is 5.21 Å². The summed E-state index contributed by atoms with van der Waals surface area (Å²) in [6, 6.07) is 3.77. The maximum absolute atomic E-state index is 11.9. The number of carbonyl (C=O) groups excluding carboxylic acids is 1. The maximum Gasteiger partial charge on any atom is 0.176 e. The number of hydroxylamine groups is 2. The number of ketones is 1. The summed E-state index contributed by atoms with van der Waals surface area (Å²) in [7, 11) is 0. The molecule has 5 nitrogen and oxygen atoms in total.